The van der Waals surface area contributed by atoms with Gasteiger partial charge in [-0.25, -0.2) is 0 Å². The molecule has 5 nitrogen and oxygen atoms in total. The topological polar surface area (TPSA) is 60.9 Å². The van der Waals surface area contributed by atoms with Gasteiger partial charge in [-0.15, -0.1) is 0 Å². The van der Waals surface area contributed by atoms with Crippen LogP contribution in [0.4, 0.5) is 0 Å². The van der Waals surface area contributed by atoms with E-state index in [0.717, 1.165) is 19.3 Å². The summed E-state index contributed by atoms with van der Waals surface area (Å²) >= 11 is 0. The molecule has 0 amide bonds. The van der Waals surface area contributed by atoms with Gasteiger partial charge in [0, 0.05) is 31.3 Å². The van der Waals surface area contributed by atoms with Crippen molar-refractivity contribution in [2.75, 3.05) is 0 Å². The van der Waals surface area contributed by atoms with Gasteiger partial charge in [0.1, 0.15) is 0 Å². The van der Waals surface area contributed by atoms with Gasteiger partial charge in [-0.3, -0.25) is 4.79 Å². The summed E-state index contributed by atoms with van der Waals surface area (Å²) in [5.74, 6) is 1.77. The zero-order valence-electron chi connectivity index (χ0n) is 11.6. The molecular formula is C14H19N3O2. The van der Waals surface area contributed by atoms with Crippen LogP contribution < -0.4 is 5.56 Å². The molecule has 2 heterocycles. The standard InChI is InChI=1S/C14H19N3O2/c1-4-10(2)5-6-12-15-14(16-19-12)11-7-8-17(3)13(18)9-11/h7-10H,4-6H2,1-3H3. The van der Waals surface area contributed by atoms with E-state index >= 15 is 0 Å². The molecule has 0 aliphatic carbocycles. The van der Waals surface area contributed by atoms with Gasteiger partial charge in [-0.1, -0.05) is 25.4 Å². The van der Waals surface area contributed by atoms with Crippen LogP contribution >= 0.6 is 0 Å². The Kier molecular flexibility index (Phi) is 4.14. The summed E-state index contributed by atoms with van der Waals surface area (Å²) in [5, 5.41) is 3.93. The third-order valence-electron chi connectivity index (χ3n) is 3.38. The molecule has 0 N–H and O–H groups in total. The maximum Gasteiger partial charge on any atom is 0.250 e. The molecule has 0 fully saturated rings. The molecule has 0 radical (unpaired) electrons. The molecule has 2 rings (SSSR count). The summed E-state index contributed by atoms with van der Waals surface area (Å²) in [4.78, 5) is 15.9. The molecule has 0 bridgehead atoms. The minimum atomic E-state index is -0.0801. The molecule has 2 aromatic rings. The van der Waals surface area contributed by atoms with Crippen LogP contribution in [0.15, 0.2) is 27.6 Å². The Labute approximate surface area is 112 Å². The van der Waals surface area contributed by atoms with Crippen molar-refractivity contribution in [1.82, 2.24) is 14.7 Å². The molecule has 0 saturated heterocycles. The van der Waals surface area contributed by atoms with Gasteiger partial charge in [0.2, 0.25) is 11.7 Å². The van der Waals surface area contributed by atoms with Gasteiger partial charge in [0.25, 0.3) is 5.56 Å². The minimum Gasteiger partial charge on any atom is -0.339 e. The molecule has 1 unspecified atom stereocenters. The molecule has 0 aliphatic rings. The van der Waals surface area contributed by atoms with Gasteiger partial charge >= 0.3 is 0 Å². The molecular weight excluding hydrogens is 242 g/mol. The summed E-state index contributed by atoms with van der Waals surface area (Å²) < 4.78 is 6.72. The molecule has 1 atom stereocenters. The molecule has 19 heavy (non-hydrogen) atoms. The Morgan fingerprint density at radius 1 is 1.47 bits per heavy atom. The fourth-order valence-corrected chi connectivity index (χ4v) is 1.74. The van der Waals surface area contributed by atoms with E-state index < -0.39 is 0 Å². The number of aryl methyl sites for hydroxylation is 2. The van der Waals surface area contributed by atoms with Gasteiger partial charge in [-0.05, 0) is 18.4 Å². The fraction of sp³-hybridized carbons (Fsp3) is 0.500. The van der Waals surface area contributed by atoms with Crippen molar-refractivity contribution >= 4 is 0 Å². The Morgan fingerprint density at radius 2 is 2.26 bits per heavy atom. The quantitative estimate of drug-likeness (QED) is 0.829. The lowest BCUT2D eigenvalue weighted by molar-refractivity contribution is 0.364. The predicted octanol–water partition coefficient (Wildman–Crippen LogP) is 2.41. The van der Waals surface area contributed by atoms with Gasteiger partial charge in [0.15, 0.2) is 0 Å². The van der Waals surface area contributed by atoms with Crippen molar-refractivity contribution in [3.63, 3.8) is 0 Å². The van der Waals surface area contributed by atoms with Crippen molar-refractivity contribution in [3.8, 4) is 11.4 Å². The highest BCUT2D eigenvalue weighted by Gasteiger charge is 2.10. The minimum absolute atomic E-state index is 0.0801. The number of rotatable bonds is 5. The second kappa shape index (κ2) is 5.82. The van der Waals surface area contributed by atoms with Gasteiger partial charge < -0.3 is 9.09 Å². The molecule has 0 aliphatic heterocycles. The van der Waals surface area contributed by atoms with Crippen LogP contribution in [0.5, 0.6) is 0 Å². The molecule has 0 aromatic carbocycles. The maximum absolute atomic E-state index is 11.6. The van der Waals surface area contributed by atoms with Crippen molar-refractivity contribution in [3.05, 3.63) is 34.6 Å². The molecule has 0 saturated carbocycles. The Morgan fingerprint density at radius 3 is 2.95 bits per heavy atom. The van der Waals surface area contributed by atoms with Crippen LogP contribution in [-0.4, -0.2) is 14.7 Å². The van der Waals surface area contributed by atoms with Crippen LogP contribution in [0, 0.1) is 5.92 Å². The lowest BCUT2D eigenvalue weighted by Gasteiger charge is -2.03. The van der Waals surface area contributed by atoms with E-state index in [1.54, 1.807) is 13.2 Å². The number of hydrogen-bond acceptors (Lipinski definition) is 4. The van der Waals surface area contributed by atoms with Crippen LogP contribution in [0.3, 0.4) is 0 Å². The van der Waals surface area contributed by atoms with Crippen LogP contribution in [0.25, 0.3) is 11.4 Å². The number of pyridine rings is 1. The number of hydrogen-bond donors (Lipinski definition) is 0. The normalized spacial score (nSPS) is 12.6. The monoisotopic (exact) mass is 261 g/mol. The van der Waals surface area contributed by atoms with Crippen LogP contribution in [0.2, 0.25) is 0 Å². The lowest BCUT2D eigenvalue weighted by Crippen LogP contribution is -2.14. The van der Waals surface area contributed by atoms with Crippen molar-refractivity contribution in [2.24, 2.45) is 13.0 Å². The molecule has 0 spiro atoms. The van der Waals surface area contributed by atoms with Crippen molar-refractivity contribution in [1.29, 1.82) is 0 Å². The average Bonchev–Trinajstić information content (AvgIpc) is 2.88. The van der Waals surface area contributed by atoms with E-state index in [9.17, 15) is 4.79 Å². The second-order valence-corrected chi connectivity index (χ2v) is 4.93. The summed E-state index contributed by atoms with van der Waals surface area (Å²) in [5.41, 5.74) is 0.616. The average molecular weight is 261 g/mol. The first-order valence-electron chi connectivity index (χ1n) is 6.59. The number of aromatic nitrogens is 3. The zero-order chi connectivity index (χ0) is 13.8. The Bertz CT molecular complexity index is 601. The van der Waals surface area contributed by atoms with Gasteiger partial charge in [-0.2, -0.15) is 4.98 Å². The first kappa shape index (κ1) is 13.5. The summed E-state index contributed by atoms with van der Waals surface area (Å²) in [7, 11) is 1.71. The highest BCUT2D eigenvalue weighted by atomic mass is 16.5. The van der Waals surface area contributed by atoms with E-state index in [-0.39, 0.29) is 5.56 Å². The molecule has 102 valence electrons. The Balaban J connectivity index is 2.12. The van der Waals surface area contributed by atoms with Crippen molar-refractivity contribution in [2.45, 2.75) is 33.1 Å². The summed E-state index contributed by atoms with van der Waals surface area (Å²) in [6, 6.07) is 3.33. The summed E-state index contributed by atoms with van der Waals surface area (Å²) in [6.07, 6.45) is 4.67. The van der Waals surface area contributed by atoms with E-state index in [2.05, 4.69) is 24.0 Å². The van der Waals surface area contributed by atoms with Crippen LogP contribution in [0.1, 0.15) is 32.6 Å². The largest absolute Gasteiger partial charge is 0.339 e. The fourth-order valence-electron chi connectivity index (χ4n) is 1.74. The van der Waals surface area contributed by atoms with Gasteiger partial charge in [0.05, 0.1) is 0 Å². The first-order valence-corrected chi connectivity index (χ1v) is 6.59. The second-order valence-electron chi connectivity index (χ2n) is 4.93. The maximum atomic E-state index is 11.6. The highest BCUT2D eigenvalue weighted by Crippen LogP contribution is 2.16. The number of nitrogens with zero attached hydrogens (tertiary/aromatic N) is 3. The molecule has 2 aromatic heterocycles. The van der Waals surface area contributed by atoms with E-state index in [0.29, 0.717) is 23.2 Å². The SMILES string of the molecule is CCC(C)CCc1nc(-c2ccn(C)c(=O)c2)no1. The lowest BCUT2D eigenvalue weighted by atomic mass is 10.0. The Hall–Kier alpha value is -1.91. The highest BCUT2D eigenvalue weighted by molar-refractivity contribution is 5.52. The third kappa shape index (κ3) is 3.30. The smallest absolute Gasteiger partial charge is 0.250 e. The molecule has 5 heteroatoms. The van der Waals surface area contributed by atoms with Crippen LogP contribution in [-0.2, 0) is 13.5 Å². The summed E-state index contributed by atoms with van der Waals surface area (Å²) in [6.45, 7) is 4.38. The van der Waals surface area contributed by atoms with E-state index in [1.807, 2.05) is 6.07 Å². The predicted molar refractivity (Wildman–Crippen MR) is 72.8 cm³/mol. The van der Waals surface area contributed by atoms with E-state index in [1.165, 1.54) is 10.6 Å². The third-order valence-corrected chi connectivity index (χ3v) is 3.38. The first-order chi connectivity index (χ1) is 9.10. The zero-order valence-corrected chi connectivity index (χ0v) is 11.6. The van der Waals surface area contributed by atoms with Crippen molar-refractivity contribution < 1.29 is 4.52 Å². The van der Waals surface area contributed by atoms with E-state index in [4.69, 9.17) is 4.52 Å².